The van der Waals surface area contributed by atoms with Crippen LogP contribution in [-0.2, 0) is 10.0 Å². The summed E-state index contributed by atoms with van der Waals surface area (Å²) >= 11 is 6.06. The topological polar surface area (TPSA) is 87.2 Å². The minimum atomic E-state index is -3.90. The van der Waals surface area contributed by atoms with Crippen molar-refractivity contribution in [1.82, 2.24) is 9.21 Å². The van der Waals surface area contributed by atoms with Gasteiger partial charge in [0.15, 0.2) is 0 Å². The second kappa shape index (κ2) is 7.98. The van der Waals surface area contributed by atoms with E-state index in [2.05, 4.69) is 0 Å². The Bertz CT molecular complexity index is 981. The van der Waals surface area contributed by atoms with Crippen LogP contribution in [0, 0.1) is 13.8 Å². The van der Waals surface area contributed by atoms with Crippen molar-refractivity contribution in [2.24, 2.45) is 0 Å². The number of halogens is 1. The summed E-state index contributed by atoms with van der Waals surface area (Å²) in [7, 11) is -3.90. The van der Waals surface area contributed by atoms with Crippen LogP contribution in [0.15, 0.2) is 41.3 Å². The molecular formula is C19H21ClN2O5S. The average Bonchev–Trinajstić information content (AvgIpc) is 2.62. The molecule has 1 aliphatic heterocycles. The van der Waals surface area contributed by atoms with Gasteiger partial charge in [-0.15, -0.1) is 0 Å². The van der Waals surface area contributed by atoms with Crippen LogP contribution in [0.25, 0.3) is 0 Å². The maximum absolute atomic E-state index is 13.2. The summed E-state index contributed by atoms with van der Waals surface area (Å²) in [5, 5.41) is 9.33. The maximum atomic E-state index is 13.2. The number of hydrogen-bond donors (Lipinski definition) is 1. The van der Waals surface area contributed by atoms with E-state index < -0.39 is 16.1 Å². The van der Waals surface area contributed by atoms with E-state index in [1.807, 2.05) is 32.0 Å². The van der Waals surface area contributed by atoms with Crippen molar-refractivity contribution in [3.63, 3.8) is 0 Å². The van der Waals surface area contributed by atoms with Crippen molar-refractivity contribution >= 4 is 27.7 Å². The van der Waals surface area contributed by atoms with E-state index in [1.54, 1.807) is 6.07 Å². The number of aryl methyl sites for hydroxylation is 2. The summed E-state index contributed by atoms with van der Waals surface area (Å²) in [6, 6.07) is 10.1. The fourth-order valence-electron chi connectivity index (χ4n) is 3.15. The molecular weight excluding hydrogens is 404 g/mol. The molecule has 0 spiro atoms. The van der Waals surface area contributed by atoms with E-state index in [-0.39, 0.29) is 41.8 Å². The first-order valence-corrected chi connectivity index (χ1v) is 10.5. The Hall–Kier alpha value is -2.29. The van der Waals surface area contributed by atoms with Gasteiger partial charge in [0.2, 0.25) is 10.0 Å². The van der Waals surface area contributed by atoms with Gasteiger partial charge in [-0.25, -0.2) is 13.2 Å². The predicted molar refractivity (Wildman–Crippen MR) is 106 cm³/mol. The number of rotatable bonds is 4. The first-order valence-electron chi connectivity index (χ1n) is 8.70. The number of benzene rings is 2. The van der Waals surface area contributed by atoms with E-state index in [9.17, 15) is 13.2 Å². The highest BCUT2D eigenvalue weighted by atomic mass is 35.5. The van der Waals surface area contributed by atoms with Gasteiger partial charge in [-0.3, -0.25) is 0 Å². The molecule has 9 heteroatoms. The number of carbonyl (C=O) groups is 1. The summed E-state index contributed by atoms with van der Waals surface area (Å²) < 4.78 is 33.5. The lowest BCUT2D eigenvalue weighted by Gasteiger charge is -2.32. The summed E-state index contributed by atoms with van der Waals surface area (Å²) in [4.78, 5) is 12.2. The minimum Gasteiger partial charge on any atom is -0.465 e. The third-order valence-electron chi connectivity index (χ3n) is 4.46. The summed E-state index contributed by atoms with van der Waals surface area (Å²) in [5.41, 5.74) is 2.00. The number of hydrogen-bond acceptors (Lipinski definition) is 4. The van der Waals surface area contributed by atoms with Gasteiger partial charge in [0.25, 0.3) is 0 Å². The molecule has 0 atom stereocenters. The molecule has 1 aliphatic rings. The van der Waals surface area contributed by atoms with Crippen LogP contribution in [0.1, 0.15) is 11.1 Å². The van der Waals surface area contributed by atoms with Gasteiger partial charge < -0.3 is 14.7 Å². The SMILES string of the molecule is Cc1cc(C)cc(Oc2ccc(Cl)cc2S(=O)(=O)N2CCN(C(=O)O)CC2)c1. The van der Waals surface area contributed by atoms with Crippen molar-refractivity contribution in [3.05, 3.63) is 52.5 Å². The van der Waals surface area contributed by atoms with Gasteiger partial charge in [-0.1, -0.05) is 17.7 Å². The predicted octanol–water partition coefficient (Wildman–Crippen LogP) is 3.73. The molecule has 1 amide bonds. The minimum absolute atomic E-state index is 0.0389. The first-order chi connectivity index (χ1) is 13.2. The van der Waals surface area contributed by atoms with Crippen molar-refractivity contribution in [3.8, 4) is 11.5 Å². The normalized spacial score (nSPS) is 15.5. The van der Waals surface area contributed by atoms with Gasteiger partial charge in [0, 0.05) is 31.2 Å². The smallest absolute Gasteiger partial charge is 0.407 e. The molecule has 1 fully saturated rings. The molecule has 0 aliphatic carbocycles. The van der Waals surface area contributed by atoms with Gasteiger partial charge in [-0.2, -0.15) is 4.31 Å². The standard InChI is InChI=1S/C19H21ClN2O5S/c1-13-9-14(2)11-16(10-13)27-17-4-3-15(20)12-18(17)28(25,26)22-7-5-21(6-8-22)19(23)24/h3-4,9-12H,5-8H2,1-2H3,(H,23,24). The number of piperazine rings is 1. The van der Waals surface area contributed by atoms with Gasteiger partial charge >= 0.3 is 6.09 Å². The van der Waals surface area contributed by atoms with Gasteiger partial charge in [-0.05, 0) is 55.3 Å². The highest BCUT2D eigenvalue weighted by Gasteiger charge is 2.32. The monoisotopic (exact) mass is 424 g/mol. The number of carboxylic acid groups (broad SMARTS) is 1. The van der Waals surface area contributed by atoms with Crippen molar-refractivity contribution in [2.45, 2.75) is 18.7 Å². The molecule has 1 N–H and O–H groups in total. The average molecular weight is 425 g/mol. The number of amides is 1. The largest absolute Gasteiger partial charge is 0.465 e. The molecule has 2 aromatic carbocycles. The van der Waals surface area contributed by atoms with Crippen LogP contribution >= 0.6 is 11.6 Å². The molecule has 7 nitrogen and oxygen atoms in total. The van der Waals surface area contributed by atoms with Crippen LogP contribution in [0.3, 0.4) is 0 Å². The molecule has 0 radical (unpaired) electrons. The zero-order valence-corrected chi connectivity index (χ0v) is 17.1. The zero-order chi connectivity index (χ0) is 20.5. The quantitative estimate of drug-likeness (QED) is 0.807. The van der Waals surface area contributed by atoms with E-state index >= 15 is 0 Å². The van der Waals surface area contributed by atoms with Crippen LogP contribution in [0.2, 0.25) is 5.02 Å². The van der Waals surface area contributed by atoms with Crippen molar-refractivity contribution in [2.75, 3.05) is 26.2 Å². The van der Waals surface area contributed by atoms with Gasteiger partial charge in [0.1, 0.15) is 16.4 Å². The second-order valence-corrected chi connectivity index (χ2v) is 9.03. The van der Waals surface area contributed by atoms with Crippen molar-refractivity contribution < 1.29 is 23.1 Å². The molecule has 28 heavy (non-hydrogen) atoms. The molecule has 0 aromatic heterocycles. The Morgan fingerprint density at radius 2 is 1.64 bits per heavy atom. The Morgan fingerprint density at radius 3 is 2.21 bits per heavy atom. The van der Waals surface area contributed by atoms with Crippen LogP contribution in [0.5, 0.6) is 11.5 Å². The fraction of sp³-hybridized carbons (Fsp3) is 0.316. The summed E-state index contributed by atoms with van der Waals surface area (Å²) in [6.07, 6.45) is -1.06. The molecule has 150 valence electrons. The fourth-order valence-corrected chi connectivity index (χ4v) is 4.94. The molecule has 0 saturated carbocycles. The molecule has 1 heterocycles. The summed E-state index contributed by atoms with van der Waals surface area (Å²) in [5.74, 6) is 0.710. The first kappa shape index (κ1) is 20.4. The lowest BCUT2D eigenvalue weighted by molar-refractivity contribution is 0.126. The Morgan fingerprint density at radius 1 is 1.04 bits per heavy atom. The third-order valence-corrected chi connectivity index (χ3v) is 6.61. The molecule has 0 bridgehead atoms. The molecule has 0 unspecified atom stereocenters. The Kier molecular flexibility index (Phi) is 5.83. The number of sulfonamides is 1. The second-order valence-electron chi connectivity index (χ2n) is 6.69. The molecule has 3 rings (SSSR count). The van der Waals surface area contributed by atoms with Crippen LogP contribution in [-0.4, -0.2) is 55.0 Å². The Labute approximate surface area is 169 Å². The van der Waals surface area contributed by atoms with Crippen LogP contribution < -0.4 is 4.74 Å². The van der Waals surface area contributed by atoms with Crippen molar-refractivity contribution in [1.29, 1.82) is 0 Å². The molecule has 1 saturated heterocycles. The zero-order valence-electron chi connectivity index (χ0n) is 15.6. The Balaban J connectivity index is 1.92. The summed E-state index contributed by atoms with van der Waals surface area (Å²) in [6.45, 7) is 4.24. The number of ether oxygens (including phenoxy) is 1. The van der Waals surface area contributed by atoms with Crippen LogP contribution in [0.4, 0.5) is 4.79 Å². The van der Waals surface area contributed by atoms with Gasteiger partial charge in [0.05, 0.1) is 0 Å². The van der Waals surface area contributed by atoms with E-state index in [1.165, 1.54) is 21.3 Å². The highest BCUT2D eigenvalue weighted by molar-refractivity contribution is 7.89. The maximum Gasteiger partial charge on any atom is 0.407 e. The molecule has 2 aromatic rings. The lowest BCUT2D eigenvalue weighted by atomic mass is 10.1. The van der Waals surface area contributed by atoms with E-state index in [0.717, 1.165) is 11.1 Å². The van der Waals surface area contributed by atoms with E-state index in [4.69, 9.17) is 21.4 Å². The highest BCUT2D eigenvalue weighted by Crippen LogP contribution is 2.34. The third kappa shape index (κ3) is 4.40. The number of nitrogens with zero attached hydrogens (tertiary/aromatic N) is 2. The lowest BCUT2D eigenvalue weighted by Crippen LogP contribution is -2.50. The van der Waals surface area contributed by atoms with E-state index in [0.29, 0.717) is 5.75 Å².